The molecule has 20 heavy (non-hydrogen) atoms. The van der Waals surface area contributed by atoms with Crippen LogP contribution in [0.25, 0.3) is 0 Å². The number of hydrogen-bond acceptors (Lipinski definition) is 3. The molecule has 3 heteroatoms. The molecule has 1 aromatic rings. The van der Waals surface area contributed by atoms with E-state index in [-0.39, 0.29) is 5.60 Å². The molecule has 1 saturated carbocycles. The molecule has 3 nitrogen and oxygen atoms in total. The molecule has 1 N–H and O–H groups in total. The van der Waals surface area contributed by atoms with E-state index in [1.165, 1.54) is 25.7 Å². The Morgan fingerprint density at radius 1 is 1.30 bits per heavy atom. The highest BCUT2D eigenvalue weighted by Gasteiger charge is 2.41. The van der Waals surface area contributed by atoms with Gasteiger partial charge in [-0.15, -0.1) is 0 Å². The monoisotopic (exact) mass is 276 g/mol. The smallest absolute Gasteiger partial charge is 0.0838 e. The fourth-order valence-corrected chi connectivity index (χ4v) is 3.35. The molecule has 0 amide bonds. The lowest BCUT2D eigenvalue weighted by atomic mass is 9.88. The first-order chi connectivity index (χ1) is 9.80. The van der Waals surface area contributed by atoms with Gasteiger partial charge in [-0.2, -0.15) is 0 Å². The van der Waals surface area contributed by atoms with Gasteiger partial charge in [-0.05, 0) is 44.9 Å². The maximum absolute atomic E-state index is 6.23. The van der Waals surface area contributed by atoms with Gasteiger partial charge < -0.3 is 10.1 Å². The van der Waals surface area contributed by atoms with Crippen LogP contribution in [0.5, 0.6) is 0 Å². The van der Waals surface area contributed by atoms with Crippen molar-refractivity contribution >= 4 is 0 Å². The standard InChI is InChI=1S/C17H28N2O/c1-3-12-19-16(14-15-9-5-8-13-18-15)17(20-4-2)10-6-7-11-17/h5,8-9,13,16,19H,3-4,6-7,10-12,14H2,1-2H3. The topological polar surface area (TPSA) is 34.2 Å². The minimum Gasteiger partial charge on any atom is -0.374 e. The second kappa shape index (κ2) is 7.75. The van der Waals surface area contributed by atoms with Crippen LogP contribution < -0.4 is 5.32 Å². The zero-order valence-corrected chi connectivity index (χ0v) is 12.9. The van der Waals surface area contributed by atoms with Crippen LogP contribution in [0.15, 0.2) is 24.4 Å². The van der Waals surface area contributed by atoms with E-state index < -0.39 is 0 Å². The summed E-state index contributed by atoms with van der Waals surface area (Å²) in [5, 5.41) is 3.72. The van der Waals surface area contributed by atoms with Gasteiger partial charge in [0.25, 0.3) is 0 Å². The summed E-state index contributed by atoms with van der Waals surface area (Å²) in [5.41, 5.74) is 1.17. The zero-order valence-electron chi connectivity index (χ0n) is 12.9. The Hall–Kier alpha value is -0.930. The van der Waals surface area contributed by atoms with Crippen LogP contribution in [0.3, 0.4) is 0 Å². The summed E-state index contributed by atoms with van der Waals surface area (Å²) < 4.78 is 6.23. The van der Waals surface area contributed by atoms with Crippen LogP contribution >= 0.6 is 0 Å². The third-order valence-electron chi connectivity index (χ3n) is 4.30. The van der Waals surface area contributed by atoms with Gasteiger partial charge in [0.15, 0.2) is 0 Å². The van der Waals surface area contributed by atoms with Gasteiger partial charge in [-0.25, -0.2) is 0 Å². The molecule has 0 spiro atoms. The molecule has 2 rings (SSSR count). The molecular formula is C17H28N2O. The Labute approximate surface area is 123 Å². The van der Waals surface area contributed by atoms with Crippen molar-refractivity contribution in [2.24, 2.45) is 0 Å². The summed E-state index contributed by atoms with van der Waals surface area (Å²) in [4.78, 5) is 4.49. The lowest BCUT2D eigenvalue weighted by Gasteiger charge is -2.38. The molecule has 0 aliphatic heterocycles. The van der Waals surface area contributed by atoms with Crippen molar-refractivity contribution in [2.45, 2.75) is 64.0 Å². The van der Waals surface area contributed by atoms with Crippen molar-refractivity contribution in [3.8, 4) is 0 Å². The maximum Gasteiger partial charge on any atom is 0.0838 e. The highest BCUT2D eigenvalue weighted by Crippen LogP contribution is 2.37. The first-order valence-electron chi connectivity index (χ1n) is 8.08. The van der Waals surface area contributed by atoms with Gasteiger partial charge in [0.1, 0.15) is 0 Å². The van der Waals surface area contributed by atoms with Crippen LogP contribution in [0.4, 0.5) is 0 Å². The molecule has 1 aliphatic rings. The average Bonchev–Trinajstić information content (AvgIpc) is 2.94. The molecule has 1 heterocycles. The van der Waals surface area contributed by atoms with Gasteiger partial charge in [-0.1, -0.05) is 25.8 Å². The van der Waals surface area contributed by atoms with Crippen LogP contribution in [-0.2, 0) is 11.2 Å². The number of nitrogens with one attached hydrogen (secondary N) is 1. The summed E-state index contributed by atoms with van der Waals surface area (Å²) >= 11 is 0. The third-order valence-corrected chi connectivity index (χ3v) is 4.30. The summed E-state index contributed by atoms with van der Waals surface area (Å²) in [5.74, 6) is 0. The number of hydrogen-bond donors (Lipinski definition) is 1. The van der Waals surface area contributed by atoms with Gasteiger partial charge >= 0.3 is 0 Å². The predicted octanol–water partition coefficient (Wildman–Crippen LogP) is 3.34. The van der Waals surface area contributed by atoms with Crippen LogP contribution in [0, 0.1) is 0 Å². The molecule has 0 bridgehead atoms. The van der Waals surface area contributed by atoms with E-state index in [2.05, 4.69) is 36.3 Å². The Kier molecular flexibility index (Phi) is 5.99. The van der Waals surface area contributed by atoms with Crippen LogP contribution in [0.1, 0.15) is 51.6 Å². The Morgan fingerprint density at radius 2 is 2.10 bits per heavy atom. The summed E-state index contributed by atoms with van der Waals surface area (Å²) in [6.07, 6.45) is 8.92. The number of pyridine rings is 1. The fraction of sp³-hybridized carbons (Fsp3) is 0.706. The molecule has 1 unspecified atom stereocenters. The first-order valence-corrected chi connectivity index (χ1v) is 8.08. The molecule has 1 aromatic heterocycles. The van der Waals surface area contributed by atoms with Gasteiger partial charge in [0.05, 0.1) is 5.60 Å². The lowest BCUT2D eigenvalue weighted by Crippen LogP contribution is -2.52. The molecule has 1 fully saturated rings. The maximum atomic E-state index is 6.23. The molecule has 0 radical (unpaired) electrons. The molecule has 1 aliphatic carbocycles. The average molecular weight is 276 g/mol. The molecule has 1 atom stereocenters. The summed E-state index contributed by atoms with van der Waals surface area (Å²) in [7, 11) is 0. The quantitative estimate of drug-likeness (QED) is 0.790. The number of aromatic nitrogens is 1. The number of nitrogens with zero attached hydrogens (tertiary/aromatic N) is 1. The van der Waals surface area contributed by atoms with E-state index in [1.54, 1.807) is 0 Å². The highest BCUT2D eigenvalue weighted by molar-refractivity contribution is 5.09. The normalized spacial score (nSPS) is 19.1. The zero-order chi connectivity index (χ0) is 14.3. The summed E-state index contributed by atoms with van der Waals surface area (Å²) in [6.45, 7) is 6.17. The predicted molar refractivity (Wildman–Crippen MR) is 82.8 cm³/mol. The van der Waals surface area contributed by atoms with Crippen molar-refractivity contribution in [3.05, 3.63) is 30.1 Å². The summed E-state index contributed by atoms with van der Waals surface area (Å²) in [6, 6.07) is 6.54. The number of rotatable bonds is 8. The van der Waals surface area contributed by atoms with Crippen LogP contribution in [0.2, 0.25) is 0 Å². The van der Waals surface area contributed by atoms with E-state index in [0.29, 0.717) is 6.04 Å². The number of ether oxygens (including phenoxy) is 1. The van der Waals surface area contributed by atoms with E-state index in [4.69, 9.17) is 4.74 Å². The molecule has 112 valence electrons. The van der Waals surface area contributed by atoms with Crippen molar-refractivity contribution in [1.82, 2.24) is 10.3 Å². The minimum atomic E-state index is 0.0153. The van der Waals surface area contributed by atoms with Crippen LogP contribution in [-0.4, -0.2) is 29.8 Å². The largest absolute Gasteiger partial charge is 0.374 e. The van der Waals surface area contributed by atoms with Crippen molar-refractivity contribution < 1.29 is 4.74 Å². The second-order valence-electron chi connectivity index (χ2n) is 5.74. The van der Waals surface area contributed by atoms with E-state index in [0.717, 1.165) is 31.7 Å². The van der Waals surface area contributed by atoms with Gasteiger partial charge in [0.2, 0.25) is 0 Å². The minimum absolute atomic E-state index is 0.0153. The lowest BCUT2D eigenvalue weighted by molar-refractivity contribution is -0.0614. The second-order valence-corrected chi connectivity index (χ2v) is 5.74. The molecule has 0 saturated heterocycles. The van der Waals surface area contributed by atoms with E-state index in [1.807, 2.05) is 12.3 Å². The van der Waals surface area contributed by atoms with E-state index >= 15 is 0 Å². The Balaban J connectivity index is 2.12. The fourth-order valence-electron chi connectivity index (χ4n) is 3.35. The third kappa shape index (κ3) is 3.80. The Bertz CT molecular complexity index is 374. The Morgan fingerprint density at radius 3 is 2.70 bits per heavy atom. The first kappa shape index (κ1) is 15.5. The highest BCUT2D eigenvalue weighted by atomic mass is 16.5. The van der Waals surface area contributed by atoms with Crippen molar-refractivity contribution in [2.75, 3.05) is 13.2 Å². The molecule has 0 aromatic carbocycles. The van der Waals surface area contributed by atoms with Crippen molar-refractivity contribution in [1.29, 1.82) is 0 Å². The molecular weight excluding hydrogens is 248 g/mol. The van der Waals surface area contributed by atoms with E-state index in [9.17, 15) is 0 Å². The SMILES string of the molecule is CCCNC(Cc1ccccn1)C1(OCC)CCCC1. The van der Waals surface area contributed by atoms with Gasteiger partial charge in [-0.3, -0.25) is 4.98 Å². The van der Waals surface area contributed by atoms with Gasteiger partial charge in [0, 0.05) is 31.0 Å². The van der Waals surface area contributed by atoms with Crippen molar-refractivity contribution in [3.63, 3.8) is 0 Å².